The van der Waals surface area contributed by atoms with Crippen LogP contribution in [0.1, 0.15) is 6.92 Å². The lowest BCUT2D eigenvalue weighted by molar-refractivity contribution is -0.128. The molecule has 0 spiro atoms. The molecule has 2 nitrogen and oxygen atoms in total. The molecule has 0 saturated carbocycles. The Kier molecular flexibility index (Phi) is 7.93. The summed E-state index contributed by atoms with van der Waals surface area (Å²) in [7, 11) is 0. The van der Waals surface area contributed by atoms with Crippen LogP contribution >= 0.6 is 33.9 Å². The molecule has 11 heavy (non-hydrogen) atoms. The number of hydrogen-bond acceptors (Lipinski definition) is 3. The molecule has 0 N–H and O–H groups in total. The van der Waals surface area contributed by atoms with E-state index in [0.717, 1.165) is 0 Å². The molecule has 0 aliphatic rings. The average molecular weight is 284 g/mol. The quantitative estimate of drug-likeness (QED) is 0.616. The van der Waals surface area contributed by atoms with E-state index in [4.69, 9.17) is 0 Å². The van der Waals surface area contributed by atoms with Crippen LogP contribution < -0.4 is 0 Å². The zero-order valence-corrected chi connectivity index (χ0v) is 9.09. The fourth-order valence-electron chi connectivity index (χ4n) is 0.316. The van der Waals surface area contributed by atoms with E-state index in [0.29, 0.717) is 13.1 Å². The summed E-state index contributed by atoms with van der Waals surface area (Å²) in [5, 5.41) is 4.18. The second kappa shape index (κ2) is 8.00. The Morgan fingerprint density at radius 2 is 2.55 bits per heavy atom. The van der Waals surface area contributed by atoms with Gasteiger partial charge in [0.2, 0.25) is 0 Å². The van der Waals surface area contributed by atoms with E-state index >= 15 is 0 Å². The van der Waals surface area contributed by atoms with Crippen molar-refractivity contribution >= 4 is 40.4 Å². The van der Waals surface area contributed by atoms with Crippen molar-refractivity contribution in [2.75, 3.05) is 6.61 Å². The van der Waals surface area contributed by atoms with Gasteiger partial charge in [-0.2, -0.15) is 11.3 Å². The number of thiophene rings is 1. The van der Waals surface area contributed by atoms with Gasteiger partial charge in [0.05, 0.1) is 6.61 Å². The van der Waals surface area contributed by atoms with Crippen molar-refractivity contribution in [3.8, 4) is 0 Å². The second-order valence-electron chi connectivity index (χ2n) is 1.49. The van der Waals surface area contributed by atoms with Crippen LogP contribution in [0.15, 0.2) is 16.8 Å². The Labute approximate surface area is 83.7 Å². The summed E-state index contributed by atoms with van der Waals surface area (Å²) in [6.07, 6.45) is 0. The summed E-state index contributed by atoms with van der Waals surface area (Å²) in [6.45, 7) is 2.66. The maximum absolute atomic E-state index is 9.18. The molecular formula is C7H9IO2S. The van der Waals surface area contributed by atoms with Gasteiger partial charge in [-0.25, -0.2) is 0 Å². The van der Waals surface area contributed by atoms with E-state index < -0.39 is 0 Å². The normalized spacial score (nSPS) is 7.82. The lowest BCUT2D eigenvalue weighted by Gasteiger charge is -1.79. The summed E-state index contributed by atoms with van der Waals surface area (Å²) < 4.78 is 5.48. The Bertz CT molecular complexity index is 175. The Hall–Kier alpha value is -0.100. The fourth-order valence-corrected chi connectivity index (χ4v) is 1.69. The van der Waals surface area contributed by atoms with Gasteiger partial charge in [0, 0.05) is 8.95 Å². The number of ether oxygens (including phenoxy) is 1. The summed E-state index contributed by atoms with van der Waals surface area (Å²) in [5.74, 6) is 0. The molecule has 62 valence electrons. The van der Waals surface area contributed by atoms with Crippen molar-refractivity contribution in [1.29, 1.82) is 0 Å². The van der Waals surface area contributed by atoms with Crippen LogP contribution in [0.2, 0.25) is 0 Å². The second-order valence-corrected chi connectivity index (χ2v) is 3.52. The first kappa shape index (κ1) is 10.9. The molecule has 1 aromatic heterocycles. The molecule has 0 amide bonds. The van der Waals surface area contributed by atoms with Gasteiger partial charge >= 0.3 is 0 Å². The molecule has 1 rings (SSSR count). The molecule has 0 unspecified atom stereocenters. The topological polar surface area (TPSA) is 26.3 Å². The van der Waals surface area contributed by atoms with Crippen molar-refractivity contribution in [1.82, 2.24) is 0 Å². The van der Waals surface area contributed by atoms with Crippen molar-refractivity contribution in [3.05, 3.63) is 20.4 Å². The summed E-state index contributed by atoms with van der Waals surface area (Å²) in [5.41, 5.74) is 0. The Balaban J connectivity index is 0.000000187. The van der Waals surface area contributed by atoms with Crippen LogP contribution in [0.25, 0.3) is 0 Å². The summed E-state index contributed by atoms with van der Waals surface area (Å²) in [6, 6.07) is 2.09. The van der Waals surface area contributed by atoms with Crippen molar-refractivity contribution < 1.29 is 9.53 Å². The first-order valence-corrected chi connectivity index (χ1v) is 5.06. The van der Waals surface area contributed by atoms with Crippen molar-refractivity contribution in [2.24, 2.45) is 0 Å². The molecule has 0 aliphatic carbocycles. The number of halogens is 1. The predicted molar refractivity (Wildman–Crippen MR) is 54.7 cm³/mol. The van der Waals surface area contributed by atoms with E-state index in [2.05, 4.69) is 44.2 Å². The molecule has 0 saturated heterocycles. The zero-order chi connectivity index (χ0) is 8.53. The lowest BCUT2D eigenvalue weighted by Crippen LogP contribution is -1.80. The number of rotatable bonds is 2. The van der Waals surface area contributed by atoms with Crippen LogP contribution in [-0.2, 0) is 9.53 Å². The predicted octanol–water partition coefficient (Wildman–Crippen LogP) is 2.53. The SMILES string of the molecule is CCOC=O.Ic1ccsc1. The minimum absolute atomic E-state index is 0.431. The molecule has 0 aliphatic heterocycles. The van der Waals surface area contributed by atoms with Crippen LogP contribution in [0.3, 0.4) is 0 Å². The van der Waals surface area contributed by atoms with E-state index in [1.165, 1.54) is 3.57 Å². The highest BCUT2D eigenvalue weighted by atomic mass is 127. The number of carbonyl (C=O) groups excluding carboxylic acids is 1. The third-order valence-corrected chi connectivity index (χ3v) is 2.50. The zero-order valence-electron chi connectivity index (χ0n) is 6.12. The van der Waals surface area contributed by atoms with Gasteiger partial charge in [0.15, 0.2) is 0 Å². The maximum Gasteiger partial charge on any atom is 0.293 e. The first-order chi connectivity index (χ1) is 5.31. The molecule has 0 atom stereocenters. The monoisotopic (exact) mass is 284 g/mol. The van der Waals surface area contributed by atoms with Gasteiger partial charge in [-0.3, -0.25) is 4.79 Å². The summed E-state index contributed by atoms with van der Waals surface area (Å²) >= 11 is 4.02. The van der Waals surface area contributed by atoms with Gasteiger partial charge < -0.3 is 4.74 Å². The number of carbonyl (C=O) groups is 1. The maximum atomic E-state index is 9.18. The van der Waals surface area contributed by atoms with E-state index in [1.807, 2.05) is 0 Å². The number of hydrogen-bond donors (Lipinski definition) is 0. The smallest absolute Gasteiger partial charge is 0.293 e. The van der Waals surface area contributed by atoms with Crippen LogP contribution in [0, 0.1) is 3.57 Å². The highest BCUT2D eigenvalue weighted by Gasteiger charge is 1.76. The van der Waals surface area contributed by atoms with Crippen LogP contribution in [-0.4, -0.2) is 13.1 Å². The van der Waals surface area contributed by atoms with Gasteiger partial charge in [0.25, 0.3) is 6.47 Å². The minimum Gasteiger partial charge on any atom is -0.468 e. The molecule has 0 radical (unpaired) electrons. The molecule has 0 bridgehead atoms. The van der Waals surface area contributed by atoms with Gasteiger partial charge in [-0.15, -0.1) is 0 Å². The lowest BCUT2D eigenvalue weighted by atomic mass is 10.7. The van der Waals surface area contributed by atoms with E-state index in [-0.39, 0.29) is 0 Å². The summed E-state index contributed by atoms with van der Waals surface area (Å²) in [4.78, 5) is 9.18. The van der Waals surface area contributed by atoms with Gasteiger partial charge in [0.1, 0.15) is 0 Å². The highest BCUT2D eigenvalue weighted by Crippen LogP contribution is 2.06. The molecule has 0 fully saturated rings. The van der Waals surface area contributed by atoms with Crippen LogP contribution in [0.4, 0.5) is 0 Å². The van der Waals surface area contributed by atoms with Crippen molar-refractivity contribution in [3.63, 3.8) is 0 Å². The van der Waals surface area contributed by atoms with Gasteiger partial charge in [-0.1, -0.05) is 0 Å². The standard InChI is InChI=1S/C4H3IS.C3H6O2/c5-4-1-2-6-3-4;1-2-5-3-4/h1-3H;3H,2H2,1H3. The Morgan fingerprint density at radius 3 is 2.64 bits per heavy atom. The van der Waals surface area contributed by atoms with Gasteiger partial charge in [-0.05, 0) is 41.0 Å². The molecule has 0 aromatic carbocycles. The third-order valence-electron chi connectivity index (χ3n) is 0.721. The largest absolute Gasteiger partial charge is 0.468 e. The van der Waals surface area contributed by atoms with E-state index in [9.17, 15) is 4.79 Å². The van der Waals surface area contributed by atoms with Crippen molar-refractivity contribution in [2.45, 2.75) is 6.92 Å². The molecular weight excluding hydrogens is 275 g/mol. The average Bonchev–Trinajstić information content (AvgIpc) is 2.43. The van der Waals surface area contributed by atoms with E-state index in [1.54, 1.807) is 18.3 Å². The molecule has 1 heterocycles. The third kappa shape index (κ3) is 7.80. The molecule has 4 heteroatoms. The minimum atomic E-state index is 0.431. The first-order valence-electron chi connectivity index (χ1n) is 3.04. The highest BCUT2D eigenvalue weighted by molar-refractivity contribution is 14.1. The molecule has 1 aromatic rings. The fraction of sp³-hybridized carbons (Fsp3) is 0.286. The Morgan fingerprint density at radius 1 is 1.82 bits per heavy atom. The van der Waals surface area contributed by atoms with Crippen LogP contribution in [0.5, 0.6) is 0 Å².